The number of carbonyl (C=O) groups excluding carboxylic acids is 1. The van der Waals surface area contributed by atoms with Gasteiger partial charge in [-0.05, 0) is 24.3 Å². The second-order valence-electron chi connectivity index (χ2n) is 4.65. The van der Waals surface area contributed by atoms with Crippen LogP contribution in [0.5, 0.6) is 0 Å². The van der Waals surface area contributed by atoms with Crippen molar-refractivity contribution in [3.05, 3.63) is 59.4 Å². The van der Waals surface area contributed by atoms with Crippen molar-refractivity contribution < 1.29 is 4.79 Å². The predicted molar refractivity (Wildman–Crippen MR) is 78.1 cm³/mol. The quantitative estimate of drug-likeness (QED) is 0.844. The summed E-state index contributed by atoms with van der Waals surface area (Å²) in [7, 11) is 0. The summed E-state index contributed by atoms with van der Waals surface area (Å²) in [6, 6.07) is 9.20. The molecule has 20 heavy (non-hydrogen) atoms. The Labute approximate surface area is 117 Å². The zero-order chi connectivity index (χ0) is 13.8. The molecule has 1 amide bonds. The van der Waals surface area contributed by atoms with Gasteiger partial charge in [-0.15, -0.1) is 0 Å². The molecule has 0 unspecified atom stereocenters. The first kappa shape index (κ1) is 12.6. The zero-order valence-corrected chi connectivity index (χ0v) is 11.0. The van der Waals surface area contributed by atoms with E-state index in [1.54, 1.807) is 12.1 Å². The van der Waals surface area contributed by atoms with Crippen LogP contribution < -0.4 is 10.6 Å². The van der Waals surface area contributed by atoms with Gasteiger partial charge in [0.05, 0.1) is 12.4 Å². The standard InChI is InChI=1S/C15H16N4O/c20-15(12-4-2-1-3-5-12)18-13-6-7-16-10-19-11-17-9-14(19)8-13/h1-6,8-9,16H,7,10-11H2,(H,18,20)/b13-6+,14-8-. The summed E-state index contributed by atoms with van der Waals surface area (Å²) >= 11 is 0. The highest BCUT2D eigenvalue weighted by Gasteiger charge is 2.15. The van der Waals surface area contributed by atoms with E-state index in [2.05, 4.69) is 20.5 Å². The molecule has 5 nitrogen and oxygen atoms in total. The van der Waals surface area contributed by atoms with Gasteiger partial charge in [-0.3, -0.25) is 15.1 Å². The van der Waals surface area contributed by atoms with Gasteiger partial charge in [0.15, 0.2) is 0 Å². The molecule has 0 fully saturated rings. The van der Waals surface area contributed by atoms with Gasteiger partial charge in [0, 0.05) is 24.0 Å². The molecule has 0 bridgehead atoms. The fourth-order valence-electron chi connectivity index (χ4n) is 2.15. The minimum absolute atomic E-state index is 0.101. The van der Waals surface area contributed by atoms with Gasteiger partial charge in [0.2, 0.25) is 0 Å². The summed E-state index contributed by atoms with van der Waals surface area (Å²) in [5.74, 6) is -0.101. The zero-order valence-electron chi connectivity index (χ0n) is 11.0. The maximum absolute atomic E-state index is 12.2. The Bertz CT molecular complexity index is 589. The Morgan fingerprint density at radius 2 is 2.15 bits per heavy atom. The molecular weight excluding hydrogens is 252 g/mol. The average molecular weight is 268 g/mol. The number of rotatable bonds is 2. The molecule has 0 radical (unpaired) electrons. The van der Waals surface area contributed by atoms with Crippen molar-refractivity contribution in [1.29, 1.82) is 0 Å². The first-order chi connectivity index (χ1) is 9.83. The molecule has 2 aliphatic rings. The van der Waals surface area contributed by atoms with Crippen molar-refractivity contribution in [3.8, 4) is 0 Å². The SMILES string of the molecule is O=C(NC1=C/CNCN2CN=C\C2=C\1)c1ccccc1. The lowest BCUT2D eigenvalue weighted by molar-refractivity contribution is 0.0967. The third-order valence-electron chi connectivity index (χ3n) is 3.21. The molecule has 2 heterocycles. The normalized spacial score (nSPS) is 22.9. The molecule has 0 spiro atoms. The van der Waals surface area contributed by atoms with Gasteiger partial charge in [-0.25, -0.2) is 0 Å². The number of nitrogens with zero attached hydrogens (tertiary/aromatic N) is 2. The van der Waals surface area contributed by atoms with Gasteiger partial charge in [-0.2, -0.15) is 0 Å². The maximum Gasteiger partial charge on any atom is 0.255 e. The molecule has 1 aromatic rings. The van der Waals surface area contributed by atoms with Crippen LogP contribution in [0.3, 0.4) is 0 Å². The first-order valence-electron chi connectivity index (χ1n) is 6.57. The summed E-state index contributed by atoms with van der Waals surface area (Å²) in [5.41, 5.74) is 2.45. The molecular formula is C15H16N4O. The van der Waals surface area contributed by atoms with Crippen molar-refractivity contribution in [3.63, 3.8) is 0 Å². The Balaban J connectivity index is 1.77. The van der Waals surface area contributed by atoms with E-state index in [4.69, 9.17) is 0 Å². The number of fused-ring (bicyclic) bond motifs is 1. The highest BCUT2D eigenvalue weighted by Crippen LogP contribution is 2.12. The van der Waals surface area contributed by atoms with Crippen LogP contribution >= 0.6 is 0 Å². The number of allylic oxidation sites excluding steroid dienone is 2. The van der Waals surface area contributed by atoms with E-state index in [-0.39, 0.29) is 5.91 Å². The third-order valence-corrected chi connectivity index (χ3v) is 3.21. The van der Waals surface area contributed by atoms with Crippen LogP contribution in [-0.4, -0.2) is 36.9 Å². The van der Waals surface area contributed by atoms with E-state index < -0.39 is 0 Å². The van der Waals surface area contributed by atoms with Crippen LogP contribution in [-0.2, 0) is 0 Å². The van der Waals surface area contributed by atoms with Crippen LogP contribution in [0.15, 0.2) is 58.9 Å². The fourth-order valence-corrected chi connectivity index (χ4v) is 2.15. The van der Waals surface area contributed by atoms with Gasteiger partial charge in [0.25, 0.3) is 5.91 Å². The highest BCUT2D eigenvalue weighted by molar-refractivity contribution is 5.95. The predicted octanol–water partition coefficient (Wildman–Crippen LogP) is 1.09. The van der Waals surface area contributed by atoms with Crippen LogP contribution in [0.1, 0.15) is 10.4 Å². The smallest absolute Gasteiger partial charge is 0.255 e. The number of amides is 1. The Morgan fingerprint density at radius 1 is 1.30 bits per heavy atom. The van der Waals surface area contributed by atoms with E-state index >= 15 is 0 Å². The molecule has 1 aromatic carbocycles. The van der Waals surface area contributed by atoms with Gasteiger partial charge < -0.3 is 10.2 Å². The molecule has 0 atom stereocenters. The number of hydrogen-bond donors (Lipinski definition) is 2. The maximum atomic E-state index is 12.2. The second kappa shape index (κ2) is 5.71. The van der Waals surface area contributed by atoms with Crippen molar-refractivity contribution >= 4 is 12.1 Å². The summed E-state index contributed by atoms with van der Waals surface area (Å²) in [4.78, 5) is 18.5. The number of aliphatic imine (C=N–C) groups is 1. The molecule has 0 aromatic heterocycles. The summed E-state index contributed by atoms with van der Waals surface area (Å²) in [5, 5.41) is 6.21. The fraction of sp³-hybridized carbons (Fsp3) is 0.200. The molecule has 3 rings (SSSR count). The number of nitrogens with one attached hydrogen (secondary N) is 2. The van der Waals surface area contributed by atoms with Gasteiger partial charge in [0.1, 0.15) is 6.67 Å². The van der Waals surface area contributed by atoms with Crippen LogP contribution in [0.4, 0.5) is 0 Å². The van der Waals surface area contributed by atoms with E-state index in [1.807, 2.05) is 36.6 Å². The second-order valence-corrected chi connectivity index (χ2v) is 4.65. The van der Waals surface area contributed by atoms with Crippen LogP contribution in [0.25, 0.3) is 0 Å². The lowest BCUT2D eigenvalue weighted by atomic mass is 10.2. The summed E-state index contributed by atoms with van der Waals surface area (Å²) in [6.45, 7) is 2.14. The Morgan fingerprint density at radius 3 is 3.00 bits per heavy atom. The number of carbonyl (C=O) groups is 1. The number of benzene rings is 1. The third kappa shape index (κ3) is 2.78. The number of hydrogen-bond acceptors (Lipinski definition) is 4. The minimum atomic E-state index is -0.101. The monoisotopic (exact) mass is 268 g/mol. The molecule has 0 saturated heterocycles. The van der Waals surface area contributed by atoms with E-state index in [0.29, 0.717) is 18.8 Å². The van der Waals surface area contributed by atoms with Gasteiger partial charge >= 0.3 is 0 Å². The Kier molecular flexibility index (Phi) is 3.60. The highest BCUT2D eigenvalue weighted by atomic mass is 16.1. The molecule has 0 saturated carbocycles. The van der Waals surface area contributed by atoms with Crippen molar-refractivity contribution in [2.75, 3.05) is 19.9 Å². The minimum Gasteiger partial charge on any atom is -0.338 e. The molecule has 0 aliphatic carbocycles. The summed E-state index contributed by atoms with van der Waals surface area (Å²) in [6.07, 6.45) is 5.75. The molecule has 5 heteroatoms. The van der Waals surface area contributed by atoms with E-state index in [9.17, 15) is 4.79 Å². The molecule has 2 N–H and O–H groups in total. The molecule has 102 valence electrons. The van der Waals surface area contributed by atoms with Crippen LogP contribution in [0.2, 0.25) is 0 Å². The van der Waals surface area contributed by atoms with Crippen molar-refractivity contribution in [2.45, 2.75) is 0 Å². The molecule has 2 aliphatic heterocycles. The Hall–Kier alpha value is -2.40. The van der Waals surface area contributed by atoms with Crippen LogP contribution in [0, 0.1) is 0 Å². The van der Waals surface area contributed by atoms with Gasteiger partial charge in [-0.1, -0.05) is 18.2 Å². The van der Waals surface area contributed by atoms with E-state index in [1.165, 1.54) is 0 Å². The summed E-state index contributed by atoms with van der Waals surface area (Å²) < 4.78 is 0. The van der Waals surface area contributed by atoms with E-state index in [0.717, 1.165) is 18.1 Å². The lowest BCUT2D eigenvalue weighted by Crippen LogP contribution is -2.34. The largest absolute Gasteiger partial charge is 0.338 e. The lowest BCUT2D eigenvalue weighted by Gasteiger charge is -2.21. The van der Waals surface area contributed by atoms with Crippen molar-refractivity contribution in [2.24, 2.45) is 4.99 Å². The average Bonchev–Trinajstić information content (AvgIpc) is 2.88. The van der Waals surface area contributed by atoms with Crippen molar-refractivity contribution in [1.82, 2.24) is 15.5 Å². The topological polar surface area (TPSA) is 56.7 Å². The first-order valence-corrected chi connectivity index (χ1v) is 6.57.